The van der Waals surface area contributed by atoms with Crippen LogP contribution in [-0.2, 0) is 6.42 Å². The molecule has 0 saturated carbocycles. The van der Waals surface area contributed by atoms with Crippen molar-refractivity contribution < 1.29 is 0 Å². The first kappa shape index (κ1) is 14.8. The Balaban J connectivity index is 1.77. The van der Waals surface area contributed by atoms with Gasteiger partial charge in [-0.2, -0.15) is 0 Å². The molecule has 4 aromatic rings. The Hall–Kier alpha value is -2.72. The second kappa shape index (κ2) is 6.06. The summed E-state index contributed by atoms with van der Waals surface area (Å²) in [5, 5.41) is 2.47. The van der Waals surface area contributed by atoms with Crippen molar-refractivity contribution in [1.82, 2.24) is 19.3 Å². The summed E-state index contributed by atoms with van der Waals surface area (Å²) < 4.78 is 2.11. The molecule has 0 aliphatic carbocycles. The van der Waals surface area contributed by atoms with Crippen molar-refractivity contribution in [3.63, 3.8) is 0 Å². The lowest BCUT2D eigenvalue weighted by Crippen LogP contribution is -2.16. The lowest BCUT2D eigenvalue weighted by Gasteiger charge is -2.10. The van der Waals surface area contributed by atoms with Gasteiger partial charge in [0.2, 0.25) is 5.78 Å². The number of aromatic nitrogens is 3. The third kappa shape index (κ3) is 2.76. The van der Waals surface area contributed by atoms with Gasteiger partial charge >= 0.3 is 0 Å². The van der Waals surface area contributed by atoms with Crippen molar-refractivity contribution in [2.75, 3.05) is 20.6 Å². The molecule has 0 fully saturated rings. The molecule has 0 N–H and O–H groups in total. The third-order valence-corrected chi connectivity index (χ3v) is 4.31. The van der Waals surface area contributed by atoms with Gasteiger partial charge in [-0.15, -0.1) is 0 Å². The number of imidazole rings is 1. The smallest absolute Gasteiger partial charge is 0.234 e. The summed E-state index contributed by atoms with van der Waals surface area (Å²) in [6.45, 7) is 1.00. The standard InChI is InChI=1S/C20H20N4/c1-23(2)12-10-18-9-11-21-20-22-19(14-24(18)20)17-8-7-15-5-3-4-6-16(15)13-17/h3-9,11,13-14H,10,12H2,1-2H3. The fraction of sp³-hybridized carbons (Fsp3) is 0.200. The lowest BCUT2D eigenvalue weighted by atomic mass is 10.1. The van der Waals surface area contributed by atoms with Gasteiger partial charge in [-0.3, -0.25) is 4.40 Å². The van der Waals surface area contributed by atoms with Gasteiger partial charge in [0.05, 0.1) is 5.69 Å². The first-order valence-corrected chi connectivity index (χ1v) is 8.17. The summed E-state index contributed by atoms with van der Waals surface area (Å²) in [7, 11) is 4.18. The minimum absolute atomic E-state index is 0.759. The average molecular weight is 316 g/mol. The first-order valence-electron chi connectivity index (χ1n) is 8.17. The van der Waals surface area contributed by atoms with E-state index in [2.05, 4.69) is 83.1 Å². The van der Waals surface area contributed by atoms with Crippen LogP contribution in [0.2, 0.25) is 0 Å². The molecule has 0 bridgehead atoms. The van der Waals surface area contributed by atoms with Gasteiger partial charge in [-0.05, 0) is 37.0 Å². The maximum atomic E-state index is 4.72. The van der Waals surface area contributed by atoms with Gasteiger partial charge in [0, 0.05) is 36.6 Å². The Morgan fingerprint density at radius 3 is 2.67 bits per heavy atom. The number of nitrogens with zero attached hydrogens (tertiary/aromatic N) is 4. The molecule has 0 saturated heterocycles. The van der Waals surface area contributed by atoms with Crippen LogP contribution >= 0.6 is 0 Å². The predicted octanol–water partition coefficient (Wildman–Crippen LogP) is 3.65. The number of hydrogen-bond donors (Lipinski definition) is 0. The van der Waals surface area contributed by atoms with Gasteiger partial charge in [0.15, 0.2) is 0 Å². The molecule has 24 heavy (non-hydrogen) atoms. The van der Waals surface area contributed by atoms with E-state index in [1.165, 1.54) is 16.5 Å². The van der Waals surface area contributed by atoms with Crippen molar-refractivity contribution in [2.24, 2.45) is 0 Å². The van der Waals surface area contributed by atoms with Crippen LogP contribution in [0, 0.1) is 0 Å². The van der Waals surface area contributed by atoms with Crippen molar-refractivity contribution in [3.8, 4) is 11.3 Å². The highest BCUT2D eigenvalue weighted by Gasteiger charge is 2.09. The number of fused-ring (bicyclic) bond motifs is 2. The zero-order valence-electron chi connectivity index (χ0n) is 14.0. The minimum atomic E-state index is 0.759. The van der Waals surface area contributed by atoms with E-state index in [9.17, 15) is 0 Å². The van der Waals surface area contributed by atoms with Gasteiger partial charge in [-0.25, -0.2) is 9.97 Å². The SMILES string of the molecule is CN(C)CCc1ccnc2nc(-c3ccc4ccccc4c3)cn12. The summed E-state index contributed by atoms with van der Waals surface area (Å²) in [6, 6.07) is 16.9. The maximum absolute atomic E-state index is 4.72. The minimum Gasteiger partial charge on any atom is -0.309 e. The maximum Gasteiger partial charge on any atom is 0.234 e. The highest BCUT2D eigenvalue weighted by Crippen LogP contribution is 2.24. The second-order valence-electron chi connectivity index (χ2n) is 6.35. The molecule has 4 nitrogen and oxygen atoms in total. The van der Waals surface area contributed by atoms with E-state index >= 15 is 0 Å². The summed E-state index contributed by atoms with van der Waals surface area (Å²) >= 11 is 0. The average Bonchev–Trinajstić information content (AvgIpc) is 3.04. The van der Waals surface area contributed by atoms with E-state index in [0.717, 1.165) is 30.0 Å². The Morgan fingerprint density at radius 2 is 1.83 bits per heavy atom. The molecule has 2 heterocycles. The largest absolute Gasteiger partial charge is 0.309 e. The Labute approximate surface area is 141 Å². The molecule has 2 aromatic carbocycles. The van der Waals surface area contributed by atoms with Crippen molar-refractivity contribution in [2.45, 2.75) is 6.42 Å². The molecule has 4 rings (SSSR count). The van der Waals surface area contributed by atoms with Crippen LogP contribution in [0.4, 0.5) is 0 Å². The van der Waals surface area contributed by atoms with Crippen molar-refractivity contribution >= 4 is 16.6 Å². The molecule has 0 aliphatic heterocycles. The predicted molar refractivity (Wildman–Crippen MR) is 98.2 cm³/mol. The van der Waals surface area contributed by atoms with Gasteiger partial charge in [-0.1, -0.05) is 36.4 Å². The van der Waals surface area contributed by atoms with Gasteiger partial charge < -0.3 is 4.90 Å². The Kier molecular flexibility index (Phi) is 3.75. The molecule has 0 unspecified atom stereocenters. The van der Waals surface area contributed by atoms with E-state index in [-0.39, 0.29) is 0 Å². The van der Waals surface area contributed by atoms with Crippen molar-refractivity contribution in [1.29, 1.82) is 0 Å². The molecule has 120 valence electrons. The van der Waals surface area contributed by atoms with E-state index in [4.69, 9.17) is 4.98 Å². The Morgan fingerprint density at radius 1 is 1.00 bits per heavy atom. The Bertz CT molecular complexity index is 1000. The monoisotopic (exact) mass is 316 g/mol. The lowest BCUT2D eigenvalue weighted by molar-refractivity contribution is 0.411. The number of hydrogen-bond acceptors (Lipinski definition) is 3. The zero-order chi connectivity index (χ0) is 16.5. The zero-order valence-corrected chi connectivity index (χ0v) is 14.0. The highest BCUT2D eigenvalue weighted by molar-refractivity contribution is 5.86. The molecule has 4 heteroatoms. The number of rotatable bonds is 4. The van der Waals surface area contributed by atoms with Crippen LogP contribution in [0.1, 0.15) is 5.69 Å². The van der Waals surface area contributed by atoms with Crippen molar-refractivity contribution in [3.05, 3.63) is 66.6 Å². The summed E-state index contributed by atoms with van der Waals surface area (Å²) in [4.78, 5) is 11.3. The molecule has 0 aliphatic rings. The van der Waals surface area contributed by atoms with E-state index in [1.807, 2.05) is 6.20 Å². The first-order chi connectivity index (χ1) is 11.7. The van der Waals surface area contributed by atoms with Crippen LogP contribution in [0.3, 0.4) is 0 Å². The van der Waals surface area contributed by atoms with Crippen LogP contribution in [0.25, 0.3) is 27.8 Å². The number of benzene rings is 2. The summed E-state index contributed by atoms with van der Waals surface area (Å²) in [6.07, 6.45) is 4.91. The quantitative estimate of drug-likeness (QED) is 0.576. The van der Waals surface area contributed by atoms with Crippen LogP contribution in [0.15, 0.2) is 60.9 Å². The highest BCUT2D eigenvalue weighted by atomic mass is 15.1. The molecular weight excluding hydrogens is 296 g/mol. The van der Waals surface area contributed by atoms with E-state index in [0.29, 0.717) is 0 Å². The molecule has 0 radical (unpaired) electrons. The second-order valence-corrected chi connectivity index (χ2v) is 6.35. The van der Waals surface area contributed by atoms with Crippen LogP contribution < -0.4 is 0 Å². The normalized spacial score (nSPS) is 11.6. The fourth-order valence-corrected chi connectivity index (χ4v) is 2.97. The molecule has 0 spiro atoms. The van der Waals surface area contributed by atoms with Crippen LogP contribution in [0.5, 0.6) is 0 Å². The van der Waals surface area contributed by atoms with Gasteiger partial charge in [0.1, 0.15) is 0 Å². The topological polar surface area (TPSA) is 33.4 Å². The molecular formula is C20H20N4. The van der Waals surface area contributed by atoms with Crippen LogP contribution in [-0.4, -0.2) is 39.9 Å². The third-order valence-electron chi connectivity index (χ3n) is 4.31. The summed E-state index contributed by atoms with van der Waals surface area (Å²) in [5.74, 6) is 0.759. The van der Waals surface area contributed by atoms with Gasteiger partial charge in [0.25, 0.3) is 0 Å². The van der Waals surface area contributed by atoms with E-state index in [1.54, 1.807) is 0 Å². The molecule has 0 amide bonds. The molecule has 2 aromatic heterocycles. The van der Waals surface area contributed by atoms with E-state index < -0.39 is 0 Å². The molecule has 0 atom stereocenters. The number of likely N-dealkylation sites (N-methyl/N-ethyl adjacent to an activating group) is 1. The fourth-order valence-electron chi connectivity index (χ4n) is 2.97. The summed E-state index contributed by atoms with van der Waals surface area (Å²) in [5.41, 5.74) is 3.32.